The Kier molecular flexibility index (Phi) is 2.35. The number of esters is 1. The Hall–Kier alpha value is -1.07. The number of hydrogen-bond donors (Lipinski definition) is 2. The highest BCUT2D eigenvalue weighted by Crippen LogP contribution is 2.21. The van der Waals surface area contributed by atoms with E-state index < -0.39 is 25.0 Å². The van der Waals surface area contributed by atoms with Gasteiger partial charge in [-0.05, 0) is 6.92 Å². The van der Waals surface area contributed by atoms with E-state index in [1.54, 1.807) is 6.92 Å². The summed E-state index contributed by atoms with van der Waals surface area (Å²) in [4.78, 5) is 10.8. The van der Waals surface area contributed by atoms with Gasteiger partial charge in [0.05, 0.1) is 6.08 Å². The van der Waals surface area contributed by atoms with Crippen LogP contribution in [0.15, 0.2) is 11.8 Å². The number of carbonyl (C=O) groups is 1. The molecule has 5 heteroatoms. The van der Waals surface area contributed by atoms with E-state index in [0.717, 1.165) is 6.08 Å². The minimum atomic E-state index is -1.60. The van der Waals surface area contributed by atoms with Crippen molar-refractivity contribution in [3.05, 3.63) is 11.8 Å². The molecule has 0 atom stereocenters. The number of aliphatic hydroxyl groups is 2. The normalized spacial score (nSPS) is 20.9. The van der Waals surface area contributed by atoms with Gasteiger partial charge < -0.3 is 19.7 Å². The van der Waals surface area contributed by atoms with Gasteiger partial charge in [0.15, 0.2) is 0 Å². The van der Waals surface area contributed by atoms with Gasteiger partial charge in [-0.25, -0.2) is 4.79 Å². The van der Waals surface area contributed by atoms with Gasteiger partial charge in [-0.2, -0.15) is 0 Å². The summed E-state index contributed by atoms with van der Waals surface area (Å²) in [5.74, 6) is -1.91. The lowest BCUT2D eigenvalue weighted by Crippen LogP contribution is -2.46. The van der Waals surface area contributed by atoms with Crippen LogP contribution < -0.4 is 0 Å². The molecule has 0 radical (unpaired) electrons. The maximum Gasteiger partial charge on any atom is 0.337 e. The molecule has 0 aromatic carbocycles. The molecule has 0 aromatic heterocycles. The van der Waals surface area contributed by atoms with E-state index in [1.807, 2.05) is 0 Å². The second kappa shape index (κ2) is 3.12. The summed E-state index contributed by atoms with van der Waals surface area (Å²) in [6, 6.07) is 0. The molecule has 1 rings (SSSR count). The molecule has 0 aliphatic carbocycles. The van der Waals surface area contributed by atoms with Gasteiger partial charge in [0.2, 0.25) is 0 Å². The van der Waals surface area contributed by atoms with E-state index in [0.29, 0.717) is 5.76 Å². The Morgan fingerprint density at radius 1 is 1.42 bits per heavy atom. The van der Waals surface area contributed by atoms with Gasteiger partial charge in [-0.3, -0.25) is 0 Å². The lowest BCUT2D eigenvalue weighted by molar-refractivity contribution is -0.248. The largest absolute Gasteiger partial charge is 0.452 e. The number of carbonyl (C=O) groups excluding carboxylic acids is 1. The van der Waals surface area contributed by atoms with Crippen LogP contribution in [0.1, 0.15) is 6.92 Å². The minimum absolute atomic E-state index is 0.314. The maximum absolute atomic E-state index is 10.8. The van der Waals surface area contributed by atoms with Gasteiger partial charge in [-0.1, -0.05) is 0 Å². The number of rotatable bonds is 2. The van der Waals surface area contributed by atoms with Crippen molar-refractivity contribution >= 4 is 5.97 Å². The third-order valence-electron chi connectivity index (χ3n) is 1.44. The number of cyclic esters (lactones) is 1. The molecule has 0 unspecified atom stereocenters. The fourth-order valence-corrected chi connectivity index (χ4v) is 0.902. The Balaban J connectivity index is 2.83. The van der Waals surface area contributed by atoms with Crippen molar-refractivity contribution in [1.29, 1.82) is 0 Å². The summed E-state index contributed by atoms with van der Waals surface area (Å²) >= 11 is 0. The third-order valence-corrected chi connectivity index (χ3v) is 1.44. The van der Waals surface area contributed by atoms with Crippen LogP contribution >= 0.6 is 0 Å². The van der Waals surface area contributed by atoms with Gasteiger partial charge in [0.1, 0.15) is 19.0 Å². The molecule has 1 aliphatic rings. The third kappa shape index (κ3) is 1.57. The smallest absolute Gasteiger partial charge is 0.337 e. The van der Waals surface area contributed by atoms with Gasteiger partial charge in [-0.15, -0.1) is 0 Å². The van der Waals surface area contributed by atoms with Crippen molar-refractivity contribution in [3.63, 3.8) is 0 Å². The van der Waals surface area contributed by atoms with E-state index in [4.69, 9.17) is 14.9 Å². The van der Waals surface area contributed by atoms with Crippen molar-refractivity contribution in [3.8, 4) is 0 Å². The number of ether oxygens (including phenoxy) is 2. The van der Waals surface area contributed by atoms with Crippen LogP contribution in [-0.4, -0.2) is 35.2 Å². The molecular weight excluding hydrogens is 164 g/mol. The second-order valence-electron chi connectivity index (χ2n) is 2.51. The van der Waals surface area contributed by atoms with Crippen LogP contribution in [0.25, 0.3) is 0 Å². The van der Waals surface area contributed by atoms with Gasteiger partial charge >= 0.3 is 5.97 Å². The molecule has 0 saturated carbocycles. The van der Waals surface area contributed by atoms with Crippen molar-refractivity contribution in [2.45, 2.75) is 12.7 Å². The lowest BCUT2D eigenvalue weighted by Gasteiger charge is -2.32. The molecule has 0 bridgehead atoms. The quantitative estimate of drug-likeness (QED) is 0.533. The molecule has 0 aromatic rings. The Morgan fingerprint density at radius 3 is 2.42 bits per heavy atom. The molecule has 2 N–H and O–H groups in total. The molecule has 0 spiro atoms. The Labute approximate surface area is 69.2 Å². The van der Waals surface area contributed by atoms with Crippen LogP contribution in [0.2, 0.25) is 0 Å². The monoisotopic (exact) mass is 174 g/mol. The maximum atomic E-state index is 10.8. The predicted octanol–water partition coefficient (Wildman–Crippen LogP) is -0.856. The summed E-state index contributed by atoms with van der Waals surface area (Å²) in [5.41, 5.74) is 0. The average Bonchev–Trinajstić information content (AvgIpc) is 2.02. The van der Waals surface area contributed by atoms with E-state index in [9.17, 15) is 4.79 Å². The van der Waals surface area contributed by atoms with E-state index in [-0.39, 0.29) is 0 Å². The first kappa shape index (κ1) is 9.02. The average molecular weight is 174 g/mol. The van der Waals surface area contributed by atoms with Crippen LogP contribution in [0.5, 0.6) is 0 Å². The number of allylic oxidation sites excluding steroid dienone is 1. The highest BCUT2D eigenvalue weighted by molar-refractivity contribution is 5.83. The summed E-state index contributed by atoms with van der Waals surface area (Å²) in [6.07, 6.45) is 1.14. The molecule has 1 aliphatic heterocycles. The lowest BCUT2D eigenvalue weighted by atomic mass is 10.3. The van der Waals surface area contributed by atoms with Gasteiger partial charge in [0, 0.05) is 0 Å². The van der Waals surface area contributed by atoms with Crippen LogP contribution in [0.4, 0.5) is 0 Å². The van der Waals surface area contributed by atoms with E-state index >= 15 is 0 Å². The number of aliphatic hydroxyl groups excluding tert-OH is 2. The molecule has 12 heavy (non-hydrogen) atoms. The van der Waals surface area contributed by atoms with Crippen molar-refractivity contribution in [2.24, 2.45) is 0 Å². The fraction of sp³-hybridized carbons (Fsp3) is 0.571. The summed E-state index contributed by atoms with van der Waals surface area (Å²) < 4.78 is 9.57. The molecule has 0 amide bonds. The summed E-state index contributed by atoms with van der Waals surface area (Å²) in [7, 11) is 0. The zero-order valence-electron chi connectivity index (χ0n) is 6.61. The number of hydrogen-bond acceptors (Lipinski definition) is 5. The SMILES string of the molecule is CC1=CC(=O)OC(CO)(CO)O1. The molecule has 1 heterocycles. The summed E-state index contributed by atoms with van der Waals surface area (Å²) in [5, 5.41) is 17.6. The zero-order valence-corrected chi connectivity index (χ0v) is 6.61. The van der Waals surface area contributed by atoms with Crippen LogP contribution in [0, 0.1) is 0 Å². The first-order chi connectivity index (χ1) is 5.62. The van der Waals surface area contributed by atoms with Crippen molar-refractivity contribution < 1.29 is 24.5 Å². The minimum Gasteiger partial charge on any atom is -0.452 e. The van der Waals surface area contributed by atoms with Gasteiger partial charge in [0.25, 0.3) is 5.79 Å². The molecule has 68 valence electrons. The Morgan fingerprint density at radius 2 is 2.00 bits per heavy atom. The highest BCUT2D eigenvalue weighted by Gasteiger charge is 2.38. The molecule has 5 nitrogen and oxygen atoms in total. The van der Waals surface area contributed by atoms with Crippen molar-refractivity contribution in [2.75, 3.05) is 13.2 Å². The predicted molar refractivity (Wildman–Crippen MR) is 37.8 cm³/mol. The second-order valence-corrected chi connectivity index (χ2v) is 2.51. The first-order valence-corrected chi connectivity index (χ1v) is 3.44. The van der Waals surface area contributed by atoms with Crippen LogP contribution in [0.3, 0.4) is 0 Å². The summed E-state index contributed by atoms with van der Waals surface area (Å²) in [6.45, 7) is 0.404. The van der Waals surface area contributed by atoms with E-state index in [2.05, 4.69) is 4.74 Å². The first-order valence-electron chi connectivity index (χ1n) is 3.44. The Bertz CT molecular complexity index is 216. The zero-order chi connectivity index (χ0) is 9.19. The molecule has 0 saturated heterocycles. The molecule has 0 fully saturated rings. The topological polar surface area (TPSA) is 76.0 Å². The molecular formula is C7H10O5. The van der Waals surface area contributed by atoms with Crippen LogP contribution in [-0.2, 0) is 14.3 Å². The standard InChI is InChI=1S/C7H10O5/c1-5-2-6(10)12-7(3-8,4-9)11-5/h2,8-9H,3-4H2,1H3. The highest BCUT2D eigenvalue weighted by atomic mass is 16.7. The fourth-order valence-electron chi connectivity index (χ4n) is 0.902. The van der Waals surface area contributed by atoms with Crippen molar-refractivity contribution in [1.82, 2.24) is 0 Å². The van der Waals surface area contributed by atoms with E-state index in [1.165, 1.54) is 0 Å².